The Labute approximate surface area is 107 Å². The van der Waals surface area contributed by atoms with Crippen molar-refractivity contribution in [2.45, 2.75) is 25.3 Å². The first-order valence-electron chi connectivity index (χ1n) is 6.34. The van der Waals surface area contributed by atoms with Gasteiger partial charge in [-0.2, -0.15) is 0 Å². The SMILES string of the molecule is CN1CCSC1=NC1CCCc2ccccc21. The lowest BCUT2D eigenvalue weighted by atomic mass is 9.88. The molecule has 1 fully saturated rings. The first-order valence-corrected chi connectivity index (χ1v) is 7.33. The highest BCUT2D eigenvalue weighted by atomic mass is 32.2. The monoisotopic (exact) mass is 246 g/mol. The first-order chi connectivity index (χ1) is 8.34. The van der Waals surface area contributed by atoms with Crippen molar-refractivity contribution in [3.63, 3.8) is 0 Å². The van der Waals surface area contributed by atoms with Crippen molar-refractivity contribution in [3.05, 3.63) is 35.4 Å². The summed E-state index contributed by atoms with van der Waals surface area (Å²) in [5.41, 5.74) is 2.95. The summed E-state index contributed by atoms with van der Waals surface area (Å²) in [5.74, 6) is 1.18. The molecule has 0 N–H and O–H groups in total. The number of hydrogen-bond acceptors (Lipinski definition) is 2. The highest BCUT2D eigenvalue weighted by Gasteiger charge is 2.22. The number of aliphatic imine (C=N–C) groups is 1. The van der Waals surface area contributed by atoms with Crippen LogP contribution < -0.4 is 0 Å². The number of rotatable bonds is 1. The third-order valence-electron chi connectivity index (χ3n) is 3.59. The Bertz CT molecular complexity index is 442. The molecule has 0 bridgehead atoms. The van der Waals surface area contributed by atoms with E-state index in [0.29, 0.717) is 6.04 Å². The molecule has 1 aromatic rings. The Morgan fingerprint density at radius 2 is 2.24 bits per heavy atom. The molecule has 1 atom stereocenters. The molecule has 2 aliphatic rings. The largest absolute Gasteiger partial charge is 0.354 e. The van der Waals surface area contributed by atoms with E-state index in [-0.39, 0.29) is 0 Å². The van der Waals surface area contributed by atoms with Gasteiger partial charge in [0.2, 0.25) is 0 Å². The van der Waals surface area contributed by atoms with E-state index in [1.807, 2.05) is 11.8 Å². The molecule has 0 saturated carbocycles. The Balaban J connectivity index is 1.90. The summed E-state index contributed by atoms with van der Waals surface area (Å²) in [5, 5.41) is 1.23. The fourth-order valence-electron chi connectivity index (χ4n) is 2.61. The lowest BCUT2D eigenvalue weighted by Crippen LogP contribution is -2.20. The molecular weight excluding hydrogens is 228 g/mol. The molecule has 0 aromatic heterocycles. The summed E-state index contributed by atoms with van der Waals surface area (Å²) >= 11 is 1.89. The maximum atomic E-state index is 4.96. The molecule has 90 valence electrons. The normalized spacial score (nSPS) is 26.3. The predicted molar refractivity (Wildman–Crippen MR) is 74.6 cm³/mol. The summed E-state index contributed by atoms with van der Waals surface area (Å²) in [4.78, 5) is 7.24. The molecule has 1 aliphatic heterocycles. The molecule has 0 spiro atoms. The van der Waals surface area contributed by atoms with Crippen molar-refractivity contribution in [2.75, 3.05) is 19.3 Å². The number of thioether (sulfide) groups is 1. The molecule has 1 unspecified atom stereocenters. The molecule has 0 radical (unpaired) electrons. The van der Waals surface area contributed by atoms with E-state index in [2.05, 4.69) is 36.2 Å². The van der Waals surface area contributed by atoms with Crippen molar-refractivity contribution < 1.29 is 0 Å². The number of hydrogen-bond donors (Lipinski definition) is 0. The van der Waals surface area contributed by atoms with Crippen molar-refractivity contribution >= 4 is 16.9 Å². The van der Waals surface area contributed by atoms with Crippen LogP contribution in [0, 0.1) is 0 Å². The molecule has 1 saturated heterocycles. The van der Waals surface area contributed by atoms with Gasteiger partial charge in [0.15, 0.2) is 5.17 Å². The number of aryl methyl sites for hydroxylation is 1. The molecule has 1 aliphatic carbocycles. The lowest BCUT2D eigenvalue weighted by Gasteiger charge is -2.23. The Morgan fingerprint density at radius 3 is 3.06 bits per heavy atom. The van der Waals surface area contributed by atoms with Gasteiger partial charge in [0.1, 0.15) is 0 Å². The minimum atomic E-state index is 0.392. The van der Waals surface area contributed by atoms with Gasteiger partial charge in [-0.05, 0) is 30.4 Å². The van der Waals surface area contributed by atoms with Crippen LogP contribution in [-0.2, 0) is 6.42 Å². The molecule has 17 heavy (non-hydrogen) atoms. The van der Waals surface area contributed by atoms with Crippen LogP contribution in [-0.4, -0.2) is 29.4 Å². The standard InChI is InChI=1S/C14H18N2S/c1-16-9-10-17-14(16)15-13-8-4-6-11-5-2-3-7-12(11)13/h2-3,5,7,13H,4,6,8-10H2,1H3. The van der Waals surface area contributed by atoms with Gasteiger partial charge in [0.05, 0.1) is 6.04 Å². The average molecular weight is 246 g/mol. The van der Waals surface area contributed by atoms with Crippen LogP contribution in [0.4, 0.5) is 0 Å². The van der Waals surface area contributed by atoms with Crippen molar-refractivity contribution in [1.29, 1.82) is 0 Å². The second kappa shape index (κ2) is 4.73. The van der Waals surface area contributed by atoms with E-state index in [0.717, 1.165) is 6.54 Å². The molecule has 1 aromatic carbocycles. The Kier molecular flexibility index (Phi) is 3.10. The summed E-state index contributed by atoms with van der Waals surface area (Å²) in [7, 11) is 2.15. The minimum absolute atomic E-state index is 0.392. The van der Waals surface area contributed by atoms with Gasteiger partial charge >= 0.3 is 0 Å². The van der Waals surface area contributed by atoms with E-state index in [1.165, 1.54) is 41.3 Å². The third kappa shape index (κ3) is 2.21. The van der Waals surface area contributed by atoms with Crippen LogP contribution in [0.15, 0.2) is 29.3 Å². The topological polar surface area (TPSA) is 15.6 Å². The highest BCUT2D eigenvalue weighted by molar-refractivity contribution is 8.14. The highest BCUT2D eigenvalue weighted by Crippen LogP contribution is 2.34. The van der Waals surface area contributed by atoms with Crippen LogP contribution in [0.1, 0.15) is 30.0 Å². The van der Waals surface area contributed by atoms with Crippen molar-refractivity contribution in [2.24, 2.45) is 4.99 Å². The smallest absolute Gasteiger partial charge is 0.159 e. The molecular formula is C14H18N2S. The Morgan fingerprint density at radius 1 is 1.35 bits per heavy atom. The third-order valence-corrected chi connectivity index (χ3v) is 4.65. The first kappa shape index (κ1) is 11.1. The summed E-state index contributed by atoms with van der Waals surface area (Å²) < 4.78 is 0. The van der Waals surface area contributed by atoms with Gasteiger partial charge in [-0.25, -0.2) is 0 Å². The zero-order chi connectivity index (χ0) is 11.7. The average Bonchev–Trinajstić information content (AvgIpc) is 2.76. The molecule has 1 heterocycles. The number of benzene rings is 1. The maximum absolute atomic E-state index is 4.96. The van der Waals surface area contributed by atoms with E-state index >= 15 is 0 Å². The van der Waals surface area contributed by atoms with Crippen LogP contribution in [0.3, 0.4) is 0 Å². The quantitative estimate of drug-likeness (QED) is 0.756. The van der Waals surface area contributed by atoms with Gasteiger partial charge in [-0.15, -0.1) is 0 Å². The molecule has 2 nitrogen and oxygen atoms in total. The second-order valence-corrected chi connectivity index (χ2v) is 5.85. The summed E-state index contributed by atoms with van der Waals surface area (Å²) in [6.07, 6.45) is 3.70. The summed E-state index contributed by atoms with van der Waals surface area (Å²) in [6, 6.07) is 9.19. The Hall–Kier alpha value is -0.960. The minimum Gasteiger partial charge on any atom is -0.354 e. The van der Waals surface area contributed by atoms with Gasteiger partial charge in [-0.3, -0.25) is 4.99 Å². The zero-order valence-corrected chi connectivity index (χ0v) is 11.0. The van der Waals surface area contributed by atoms with Crippen LogP contribution in [0.5, 0.6) is 0 Å². The molecule has 0 amide bonds. The maximum Gasteiger partial charge on any atom is 0.159 e. The van der Waals surface area contributed by atoms with Gasteiger partial charge in [0.25, 0.3) is 0 Å². The van der Waals surface area contributed by atoms with Gasteiger partial charge in [-0.1, -0.05) is 36.0 Å². The van der Waals surface area contributed by atoms with E-state index in [1.54, 1.807) is 0 Å². The molecule has 3 heteroatoms. The number of fused-ring (bicyclic) bond motifs is 1. The number of nitrogens with zero attached hydrogens (tertiary/aromatic N) is 2. The van der Waals surface area contributed by atoms with Crippen molar-refractivity contribution in [1.82, 2.24) is 4.90 Å². The van der Waals surface area contributed by atoms with Gasteiger partial charge in [0, 0.05) is 19.3 Å². The van der Waals surface area contributed by atoms with E-state index in [4.69, 9.17) is 4.99 Å². The predicted octanol–water partition coefficient (Wildman–Crippen LogP) is 3.10. The fraction of sp³-hybridized carbons (Fsp3) is 0.500. The molecule has 3 rings (SSSR count). The lowest BCUT2D eigenvalue weighted by molar-refractivity contribution is 0.533. The fourth-order valence-corrected chi connectivity index (χ4v) is 3.67. The van der Waals surface area contributed by atoms with E-state index < -0.39 is 0 Å². The van der Waals surface area contributed by atoms with Crippen LogP contribution in [0.2, 0.25) is 0 Å². The van der Waals surface area contributed by atoms with Gasteiger partial charge < -0.3 is 4.90 Å². The van der Waals surface area contributed by atoms with Crippen molar-refractivity contribution in [3.8, 4) is 0 Å². The van der Waals surface area contributed by atoms with Crippen LogP contribution >= 0.6 is 11.8 Å². The zero-order valence-electron chi connectivity index (χ0n) is 10.2. The second-order valence-electron chi connectivity index (χ2n) is 4.79. The van der Waals surface area contributed by atoms with E-state index in [9.17, 15) is 0 Å². The summed E-state index contributed by atoms with van der Waals surface area (Å²) in [6.45, 7) is 1.14. The van der Waals surface area contributed by atoms with Crippen LogP contribution in [0.25, 0.3) is 0 Å². The number of amidine groups is 1.